The van der Waals surface area contributed by atoms with E-state index in [-0.39, 0.29) is 11.4 Å². The second-order valence-electron chi connectivity index (χ2n) is 4.57. The largest absolute Gasteiger partial charge is 0.497 e. The van der Waals surface area contributed by atoms with Gasteiger partial charge < -0.3 is 15.4 Å². The number of nitrogen functional groups attached to an aromatic ring is 1. The number of nitrogens with two attached hydrogens (primary N) is 1. The van der Waals surface area contributed by atoms with Crippen LogP contribution in [0.5, 0.6) is 5.75 Å². The van der Waals surface area contributed by atoms with Crippen LogP contribution < -0.4 is 10.5 Å². The molecule has 0 unspecified atom stereocenters. The standard InChI is InChI=1S/C15H16FN3O2/c1-19(9-10-4-3-5-11(8-10)21-2)15(20)12-6-7-18-14(17)13(12)16/h3-8H,9H2,1-2H3,(H2,17,18). The van der Waals surface area contributed by atoms with Crippen molar-refractivity contribution < 1.29 is 13.9 Å². The zero-order chi connectivity index (χ0) is 15.4. The molecule has 110 valence electrons. The molecule has 1 aromatic heterocycles. The number of anilines is 1. The average Bonchev–Trinajstić information content (AvgIpc) is 2.49. The van der Waals surface area contributed by atoms with Gasteiger partial charge in [-0.25, -0.2) is 9.37 Å². The minimum Gasteiger partial charge on any atom is -0.497 e. The van der Waals surface area contributed by atoms with Gasteiger partial charge in [0.1, 0.15) is 5.75 Å². The number of carbonyl (C=O) groups is 1. The molecular formula is C15H16FN3O2. The Morgan fingerprint density at radius 2 is 2.19 bits per heavy atom. The molecule has 0 saturated heterocycles. The lowest BCUT2D eigenvalue weighted by atomic mass is 10.1. The van der Waals surface area contributed by atoms with Crippen LogP contribution in [0.15, 0.2) is 36.5 Å². The van der Waals surface area contributed by atoms with E-state index < -0.39 is 11.7 Å². The van der Waals surface area contributed by atoms with Gasteiger partial charge in [0.2, 0.25) is 0 Å². The van der Waals surface area contributed by atoms with E-state index in [9.17, 15) is 9.18 Å². The summed E-state index contributed by atoms with van der Waals surface area (Å²) < 4.78 is 18.9. The van der Waals surface area contributed by atoms with Crippen LogP contribution in [0.3, 0.4) is 0 Å². The molecule has 21 heavy (non-hydrogen) atoms. The van der Waals surface area contributed by atoms with Crippen LogP contribution in [0.2, 0.25) is 0 Å². The molecule has 2 aromatic rings. The Labute approximate surface area is 122 Å². The number of carbonyl (C=O) groups excluding carboxylic acids is 1. The Bertz CT molecular complexity index is 661. The highest BCUT2D eigenvalue weighted by Gasteiger charge is 2.18. The van der Waals surface area contributed by atoms with E-state index in [0.29, 0.717) is 12.3 Å². The number of pyridine rings is 1. The van der Waals surface area contributed by atoms with Gasteiger partial charge in [-0.2, -0.15) is 0 Å². The fourth-order valence-corrected chi connectivity index (χ4v) is 1.95. The van der Waals surface area contributed by atoms with E-state index in [0.717, 1.165) is 5.56 Å². The molecule has 2 rings (SSSR count). The zero-order valence-electron chi connectivity index (χ0n) is 11.8. The van der Waals surface area contributed by atoms with Crippen molar-refractivity contribution in [1.29, 1.82) is 0 Å². The van der Waals surface area contributed by atoms with Gasteiger partial charge in [-0.3, -0.25) is 4.79 Å². The SMILES string of the molecule is COc1cccc(CN(C)C(=O)c2ccnc(N)c2F)c1. The number of methoxy groups -OCH3 is 1. The summed E-state index contributed by atoms with van der Waals surface area (Å²) in [6.45, 7) is 0.331. The minimum atomic E-state index is -0.792. The summed E-state index contributed by atoms with van der Waals surface area (Å²) in [4.78, 5) is 17.3. The lowest BCUT2D eigenvalue weighted by Crippen LogP contribution is -2.27. The molecule has 0 aliphatic carbocycles. The van der Waals surface area contributed by atoms with Gasteiger partial charge in [-0.1, -0.05) is 12.1 Å². The number of amides is 1. The first-order chi connectivity index (χ1) is 10.0. The predicted octanol–water partition coefficient (Wildman–Crippen LogP) is 2.08. The Hall–Kier alpha value is -2.63. The maximum absolute atomic E-state index is 13.8. The van der Waals surface area contributed by atoms with Crippen molar-refractivity contribution in [3.63, 3.8) is 0 Å². The van der Waals surface area contributed by atoms with Crippen molar-refractivity contribution in [1.82, 2.24) is 9.88 Å². The summed E-state index contributed by atoms with van der Waals surface area (Å²) in [7, 11) is 3.17. The molecule has 2 N–H and O–H groups in total. The summed E-state index contributed by atoms with van der Waals surface area (Å²) >= 11 is 0. The van der Waals surface area contributed by atoms with Crippen molar-refractivity contribution in [2.24, 2.45) is 0 Å². The third-order valence-corrected chi connectivity index (χ3v) is 3.05. The van der Waals surface area contributed by atoms with Gasteiger partial charge in [-0.15, -0.1) is 0 Å². The predicted molar refractivity (Wildman–Crippen MR) is 77.4 cm³/mol. The molecule has 0 aliphatic rings. The molecule has 0 atom stereocenters. The van der Waals surface area contributed by atoms with E-state index in [2.05, 4.69) is 4.98 Å². The number of nitrogens with zero attached hydrogens (tertiary/aromatic N) is 2. The van der Waals surface area contributed by atoms with Gasteiger partial charge in [-0.05, 0) is 23.8 Å². The van der Waals surface area contributed by atoms with Crippen LogP contribution in [-0.4, -0.2) is 29.9 Å². The first-order valence-corrected chi connectivity index (χ1v) is 6.31. The average molecular weight is 289 g/mol. The number of rotatable bonds is 4. The maximum Gasteiger partial charge on any atom is 0.257 e. The Morgan fingerprint density at radius 1 is 1.43 bits per heavy atom. The lowest BCUT2D eigenvalue weighted by molar-refractivity contribution is 0.0780. The van der Waals surface area contributed by atoms with Gasteiger partial charge in [0.15, 0.2) is 11.6 Å². The molecule has 0 spiro atoms. The topological polar surface area (TPSA) is 68.5 Å². The highest BCUT2D eigenvalue weighted by molar-refractivity contribution is 5.94. The third-order valence-electron chi connectivity index (χ3n) is 3.05. The van der Waals surface area contributed by atoms with Crippen LogP contribution in [0.4, 0.5) is 10.2 Å². The summed E-state index contributed by atoms with van der Waals surface area (Å²) in [5, 5.41) is 0. The van der Waals surface area contributed by atoms with Crippen molar-refractivity contribution in [3.8, 4) is 5.75 Å². The van der Waals surface area contributed by atoms with Crippen molar-refractivity contribution in [2.45, 2.75) is 6.54 Å². The van der Waals surface area contributed by atoms with E-state index in [4.69, 9.17) is 10.5 Å². The van der Waals surface area contributed by atoms with Crippen LogP contribution in [0.1, 0.15) is 15.9 Å². The summed E-state index contributed by atoms with van der Waals surface area (Å²) in [5.74, 6) is -0.826. The molecule has 0 aliphatic heterocycles. The van der Waals surface area contributed by atoms with Gasteiger partial charge in [0, 0.05) is 19.8 Å². The molecule has 1 heterocycles. The second kappa shape index (κ2) is 6.21. The zero-order valence-corrected chi connectivity index (χ0v) is 11.8. The first kappa shape index (κ1) is 14.8. The summed E-state index contributed by atoms with van der Waals surface area (Å²) in [5.41, 5.74) is 6.17. The molecule has 0 fully saturated rings. The number of ether oxygens (including phenoxy) is 1. The number of hydrogen-bond donors (Lipinski definition) is 1. The highest BCUT2D eigenvalue weighted by Crippen LogP contribution is 2.17. The monoisotopic (exact) mass is 289 g/mol. The molecular weight excluding hydrogens is 273 g/mol. The highest BCUT2D eigenvalue weighted by atomic mass is 19.1. The Morgan fingerprint density at radius 3 is 2.90 bits per heavy atom. The smallest absolute Gasteiger partial charge is 0.257 e. The summed E-state index contributed by atoms with van der Waals surface area (Å²) in [6.07, 6.45) is 1.31. The maximum atomic E-state index is 13.8. The van der Waals surface area contributed by atoms with Gasteiger partial charge in [0.25, 0.3) is 5.91 Å². The van der Waals surface area contributed by atoms with Crippen LogP contribution in [0.25, 0.3) is 0 Å². The normalized spacial score (nSPS) is 10.2. The summed E-state index contributed by atoms with van der Waals surface area (Å²) in [6, 6.07) is 8.65. The van der Waals surface area contributed by atoms with E-state index >= 15 is 0 Å². The fourth-order valence-electron chi connectivity index (χ4n) is 1.95. The van der Waals surface area contributed by atoms with Crippen molar-refractivity contribution in [3.05, 3.63) is 53.5 Å². The number of benzene rings is 1. The molecule has 6 heteroatoms. The number of hydrogen-bond acceptors (Lipinski definition) is 4. The van der Waals surface area contributed by atoms with Crippen molar-refractivity contribution >= 4 is 11.7 Å². The van der Waals surface area contributed by atoms with E-state index in [1.165, 1.54) is 17.2 Å². The Balaban J connectivity index is 2.17. The van der Waals surface area contributed by atoms with E-state index in [1.807, 2.05) is 24.3 Å². The molecule has 0 saturated carbocycles. The first-order valence-electron chi connectivity index (χ1n) is 6.31. The molecule has 0 bridgehead atoms. The molecule has 5 nitrogen and oxygen atoms in total. The molecule has 0 radical (unpaired) electrons. The quantitative estimate of drug-likeness (QED) is 0.935. The van der Waals surface area contributed by atoms with Gasteiger partial charge >= 0.3 is 0 Å². The second-order valence-corrected chi connectivity index (χ2v) is 4.57. The fraction of sp³-hybridized carbons (Fsp3) is 0.200. The molecule has 1 aromatic carbocycles. The van der Waals surface area contributed by atoms with E-state index in [1.54, 1.807) is 14.2 Å². The number of aromatic nitrogens is 1. The van der Waals surface area contributed by atoms with Crippen LogP contribution >= 0.6 is 0 Å². The minimum absolute atomic E-state index is 0.0899. The number of halogens is 1. The van der Waals surface area contributed by atoms with Crippen molar-refractivity contribution in [2.75, 3.05) is 19.9 Å². The lowest BCUT2D eigenvalue weighted by Gasteiger charge is -2.18. The molecule has 1 amide bonds. The Kier molecular flexibility index (Phi) is 4.37. The third kappa shape index (κ3) is 3.28. The van der Waals surface area contributed by atoms with Crippen LogP contribution in [-0.2, 0) is 6.54 Å². The van der Waals surface area contributed by atoms with Crippen LogP contribution in [0, 0.1) is 5.82 Å². The van der Waals surface area contributed by atoms with Gasteiger partial charge in [0.05, 0.1) is 12.7 Å².